The Balaban J connectivity index is 1.96. The van der Waals surface area contributed by atoms with Crippen molar-refractivity contribution >= 4 is 11.6 Å². The third kappa shape index (κ3) is 3.30. The quantitative estimate of drug-likeness (QED) is 0.822. The number of hydrogen-bond donors (Lipinski definition) is 2. The van der Waals surface area contributed by atoms with Gasteiger partial charge in [-0.05, 0) is 37.8 Å². The van der Waals surface area contributed by atoms with E-state index in [9.17, 15) is 4.79 Å². The van der Waals surface area contributed by atoms with Gasteiger partial charge in [0.15, 0.2) is 0 Å². The molecule has 3 unspecified atom stereocenters. The highest BCUT2D eigenvalue weighted by Crippen LogP contribution is 2.20. The van der Waals surface area contributed by atoms with E-state index in [4.69, 9.17) is 0 Å². The fourth-order valence-electron chi connectivity index (χ4n) is 2.52. The van der Waals surface area contributed by atoms with Gasteiger partial charge >= 0.3 is 0 Å². The second kappa shape index (κ2) is 5.32. The molecule has 92 valence electrons. The summed E-state index contributed by atoms with van der Waals surface area (Å²) >= 11 is 0. The number of piperidine rings is 1. The highest BCUT2D eigenvalue weighted by Gasteiger charge is 2.28. The molecule has 1 aliphatic heterocycles. The minimum absolute atomic E-state index is 0.0612. The van der Waals surface area contributed by atoms with Crippen LogP contribution in [-0.4, -0.2) is 18.0 Å². The molecule has 1 heterocycles. The van der Waals surface area contributed by atoms with Gasteiger partial charge in [-0.3, -0.25) is 4.79 Å². The third-order valence-corrected chi connectivity index (χ3v) is 3.24. The number of rotatable bonds is 2. The van der Waals surface area contributed by atoms with Crippen LogP contribution < -0.4 is 10.6 Å². The largest absolute Gasteiger partial charge is 0.325 e. The number of anilines is 1. The number of benzene rings is 1. The molecule has 1 saturated heterocycles. The molecule has 17 heavy (non-hydrogen) atoms. The Kier molecular flexibility index (Phi) is 3.79. The smallest absolute Gasteiger partial charge is 0.241 e. The SMILES string of the molecule is CC1CC(C)NC(C(=O)Nc2ccccc2)C1. The van der Waals surface area contributed by atoms with Crippen LogP contribution in [-0.2, 0) is 4.79 Å². The first-order valence-electron chi connectivity index (χ1n) is 6.27. The van der Waals surface area contributed by atoms with Crippen molar-refractivity contribution in [2.24, 2.45) is 5.92 Å². The van der Waals surface area contributed by atoms with Crippen LogP contribution in [0, 0.1) is 5.92 Å². The van der Waals surface area contributed by atoms with Gasteiger partial charge in [-0.2, -0.15) is 0 Å². The molecule has 1 fully saturated rings. The third-order valence-electron chi connectivity index (χ3n) is 3.24. The van der Waals surface area contributed by atoms with Gasteiger partial charge < -0.3 is 10.6 Å². The Morgan fingerprint density at radius 2 is 1.94 bits per heavy atom. The number of amides is 1. The molecule has 3 heteroatoms. The second-order valence-electron chi connectivity index (χ2n) is 5.05. The van der Waals surface area contributed by atoms with Crippen molar-refractivity contribution in [2.45, 2.75) is 38.8 Å². The van der Waals surface area contributed by atoms with Gasteiger partial charge in [-0.1, -0.05) is 25.1 Å². The molecule has 2 rings (SSSR count). The summed E-state index contributed by atoms with van der Waals surface area (Å²) in [6.07, 6.45) is 2.07. The highest BCUT2D eigenvalue weighted by molar-refractivity contribution is 5.94. The Hall–Kier alpha value is -1.35. The van der Waals surface area contributed by atoms with Crippen LogP contribution in [0.3, 0.4) is 0 Å². The van der Waals surface area contributed by atoms with Gasteiger partial charge in [0, 0.05) is 11.7 Å². The fourth-order valence-corrected chi connectivity index (χ4v) is 2.52. The fraction of sp³-hybridized carbons (Fsp3) is 0.500. The maximum absolute atomic E-state index is 12.1. The topological polar surface area (TPSA) is 41.1 Å². The van der Waals surface area contributed by atoms with Crippen molar-refractivity contribution in [3.63, 3.8) is 0 Å². The average Bonchev–Trinajstić information content (AvgIpc) is 2.29. The molecule has 1 aromatic carbocycles. The van der Waals surface area contributed by atoms with Crippen molar-refractivity contribution in [2.75, 3.05) is 5.32 Å². The Labute approximate surface area is 103 Å². The monoisotopic (exact) mass is 232 g/mol. The average molecular weight is 232 g/mol. The number of hydrogen-bond acceptors (Lipinski definition) is 2. The summed E-state index contributed by atoms with van der Waals surface area (Å²) in [7, 11) is 0. The Bertz CT molecular complexity index is 367. The molecule has 1 aromatic rings. The van der Waals surface area contributed by atoms with E-state index >= 15 is 0 Å². The standard InChI is InChI=1S/C14H20N2O/c1-10-8-11(2)15-13(9-10)14(17)16-12-6-4-3-5-7-12/h3-7,10-11,13,15H,8-9H2,1-2H3,(H,16,17). The molecular formula is C14H20N2O. The lowest BCUT2D eigenvalue weighted by Gasteiger charge is -2.32. The maximum Gasteiger partial charge on any atom is 0.241 e. The lowest BCUT2D eigenvalue weighted by atomic mass is 9.89. The van der Waals surface area contributed by atoms with E-state index in [1.165, 1.54) is 0 Å². The molecule has 0 aromatic heterocycles. The molecule has 1 aliphatic rings. The summed E-state index contributed by atoms with van der Waals surface area (Å²) in [6.45, 7) is 4.35. The summed E-state index contributed by atoms with van der Waals surface area (Å²) in [5.74, 6) is 0.687. The number of carbonyl (C=O) groups excluding carboxylic acids is 1. The zero-order chi connectivity index (χ0) is 12.3. The van der Waals surface area contributed by atoms with Crippen molar-refractivity contribution in [1.82, 2.24) is 5.32 Å². The van der Waals surface area contributed by atoms with Gasteiger partial charge in [0.2, 0.25) is 5.91 Å². The molecule has 3 nitrogen and oxygen atoms in total. The summed E-state index contributed by atoms with van der Waals surface area (Å²) in [5, 5.41) is 6.31. The van der Waals surface area contributed by atoms with E-state index in [2.05, 4.69) is 24.5 Å². The molecule has 0 aliphatic carbocycles. The van der Waals surface area contributed by atoms with E-state index < -0.39 is 0 Å². The minimum Gasteiger partial charge on any atom is -0.325 e. The zero-order valence-corrected chi connectivity index (χ0v) is 10.4. The molecule has 0 saturated carbocycles. The van der Waals surface area contributed by atoms with E-state index in [0.29, 0.717) is 12.0 Å². The minimum atomic E-state index is -0.0612. The van der Waals surface area contributed by atoms with Crippen molar-refractivity contribution in [1.29, 1.82) is 0 Å². The molecule has 0 radical (unpaired) electrons. The predicted molar refractivity (Wildman–Crippen MR) is 69.9 cm³/mol. The first-order chi connectivity index (χ1) is 8.15. The van der Waals surface area contributed by atoms with Gasteiger partial charge in [-0.25, -0.2) is 0 Å². The highest BCUT2D eigenvalue weighted by atomic mass is 16.2. The lowest BCUT2D eigenvalue weighted by Crippen LogP contribution is -2.49. The first-order valence-corrected chi connectivity index (χ1v) is 6.27. The zero-order valence-electron chi connectivity index (χ0n) is 10.4. The first kappa shape index (κ1) is 12.1. The summed E-state index contributed by atoms with van der Waals surface area (Å²) in [5.41, 5.74) is 0.866. The number of carbonyl (C=O) groups is 1. The van der Waals surface area contributed by atoms with Crippen LogP contribution in [0.5, 0.6) is 0 Å². The van der Waals surface area contributed by atoms with Crippen LogP contribution in [0.2, 0.25) is 0 Å². The van der Waals surface area contributed by atoms with Crippen LogP contribution in [0.1, 0.15) is 26.7 Å². The Morgan fingerprint density at radius 1 is 1.24 bits per heavy atom. The molecular weight excluding hydrogens is 212 g/mol. The van der Waals surface area contributed by atoms with E-state index in [0.717, 1.165) is 18.5 Å². The van der Waals surface area contributed by atoms with Crippen LogP contribution >= 0.6 is 0 Å². The Morgan fingerprint density at radius 3 is 2.59 bits per heavy atom. The van der Waals surface area contributed by atoms with Crippen molar-refractivity contribution in [3.8, 4) is 0 Å². The second-order valence-corrected chi connectivity index (χ2v) is 5.05. The number of para-hydroxylation sites is 1. The van der Waals surface area contributed by atoms with Crippen LogP contribution in [0.15, 0.2) is 30.3 Å². The molecule has 0 spiro atoms. The number of nitrogens with one attached hydrogen (secondary N) is 2. The summed E-state index contributed by atoms with van der Waals surface area (Å²) in [6, 6.07) is 9.98. The van der Waals surface area contributed by atoms with Crippen LogP contribution in [0.25, 0.3) is 0 Å². The van der Waals surface area contributed by atoms with E-state index in [1.807, 2.05) is 30.3 Å². The van der Waals surface area contributed by atoms with Crippen LogP contribution in [0.4, 0.5) is 5.69 Å². The predicted octanol–water partition coefficient (Wildman–Crippen LogP) is 2.40. The van der Waals surface area contributed by atoms with Gasteiger partial charge in [0.05, 0.1) is 6.04 Å². The van der Waals surface area contributed by atoms with Gasteiger partial charge in [0.1, 0.15) is 0 Å². The molecule has 2 N–H and O–H groups in total. The molecule has 0 bridgehead atoms. The summed E-state index contributed by atoms with van der Waals surface area (Å²) in [4.78, 5) is 12.1. The van der Waals surface area contributed by atoms with Gasteiger partial charge in [0.25, 0.3) is 0 Å². The maximum atomic E-state index is 12.1. The molecule has 3 atom stereocenters. The van der Waals surface area contributed by atoms with Crippen molar-refractivity contribution < 1.29 is 4.79 Å². The van der Waals surface area contributed by atoms with Crippen molar-refractivity contribution in [3.05, 3.63) is 30.3 Å². The van der Waals surface area contributed by atoms with E-state index in [-0.39, 0.29) is 11.9 Å². The normalized spacial score (nSPS) is 28.7. The summed E-state index contributed by atoms with van der Waals surface area (Å²) < 4.78 is 0. The lowest BCUT2D eigenvalue weighted by molar-refractivity contribution is -0.119. The van der Waals surface area contributed by atoms with Gasteiger partial charge in [-0.15, -0.1) is 0 Å². The molecule has 1 amide bonds. The van der Waals surface area contributed by atoms with E-state index in [1.54, 1.807) is 0 Å².